The molecule has 1 heterocycles. The molecule has 2 aromatic carbocycles. The molecule has 0 atom stereocenters. The molecule has 6 nitrogen and oxygen atoms in total. The first kappa shape index (κ1) is 24.0. The number of halogens is 1. The molecule has 0 saturated heterocycles. The van der Waals surface area contributed by atoms with Crippen molar-refractivity contribution in [2.45, 2.75) is 13.0 Å². The Bertz CT molecular complexity index is 833. The molecule has 0 aromatic heterocycles. The number of hydrogen-bond acceptors (Lipinski definition) is 4. The van der Waals surface area contributed by atoms with Crippen LogP contribution in [0.25, 0.3) is 0 Å². The molecule has 0 spiro atoms. The maximum atomic E-state index is 5.77. The third kappa shape index (κ3) is 7.53. The lowest BCUT2D eigenvalue weighted by Gasteiger charge is -2.19. The van der Waals surface area contributed by atoms with Crippen molar-refractivity contribution in [3.63, 3.8) is 0 Å². The number of guanidine groups is 1. The molecule has 0 amide bonds. The second-order valence-corrected chi connectivity index (χ2v) is 6.82. The van der Waals surface area contributed by atoms with Crippen LogP contribution in [-0.2, 0) is 11.3 Å². The van der Waals surface area contributed by atoms with E-state index in [9.17, 15) is 0 Å². The van der Waals surface area contributed by atoms with Crippen LogP contribution in [0.2, 0.25) is 0 Å². The number of anilines is 2. The first-order valence-electron chi connectivity index (χ1n) is 9.97. The summed E-state index contributed by atoms with van der Waals surface area (Å²) in [5.41, 5.74) is 3.39. The molecule has 2 aromatic rings. The van der Waals surface area contributed by atoms with Gasteiger partial charge in [-0.2, -0.15) is 0 Å². The average molecular weight is 522 g/mol. The van der Waals surface area contributed by atoms with Gasteiger partial charge < -0.3 is 25.0 Å². The number of nitrogens with one attached hydrogen (secondary N) is 2. The van der Waals surface area contributed by atoms with Crippen LogP contribution >= 0.6 is 24.0 Å². The second-order valence-electron chi connectivity index (χ2n) is 6.82. The minimum Gasteiger partial charge on any atom is -0.493 e. The third-order valence-corrected chi connectivity index (χ3v) is 4.64. The lowest BCUT2D eigenvalue weighted by Crippen LogP contribution is -2.30. The van der Waals surface area contributed by atoms with Gasteiger partial charge >= 0.3 is 0 Å². The van der Waals surface area contributed by atoms with Gasteiger partial charge in [0.1, 0.15) is 5.75 Å². The van der Waals surface area contributed by atoms with Gasteiger partial charge in [-0.1, -0.05) is 30.4 Å². The quantitative estimate of drug-likeness (QED) is 0.169. The molecule has 1 aliphatic heterocycles. The molecule has 0 aliphatic carbocycles. The average Bonchev–Trinajstić information content (AvgIpc) is 3.30. The van der Waals surface area contributed by atoms with Crippen molar-refractivity contribution < 1.29 is 9.47 Å². The fourth-order valence-electron chi connectivity index (χ4n) is 3.11. The number of aliphatic imine (C=N–C) groups is 1. The predicted octanol–water partition coefficient (Wildman–Crippen LogP) is 4.28. The van der Waals surface area contributed by atoms with Crippen molar-refractivity contribution in [2.75, 3.05) is 50.7 Å². The van der Waals surface area contributed by atoms with Crippen molar-refractivity contribution >= 4 is 41.3 Å². The Hall–Kier alpha value is -2.26. The molecule has 1 aliphatic rings. The van der Waals surface area contributed by atoms with Gasteiger partial charge in [0.2, 0.25) is 0 Å². The summed E-state index contributed by atoms with van der Waals surface area (Å²) in [5, 5.41) is 6.70. The number of hydrogen-bond donors (Lipinski definition) is 2. The van der Waals surface area contributed by atoms with Gasteiger partial charge in [0.25, 0.3) is 0 Å². The van der Waals surface area contributed by atoms with Crippen LogP contribution in [-0.4, -0.2) is 46.4 Å². The highest BCUT2D eigenvalue weighted by molar-refractivity contribution is 14.0. The summed E-state index contributed by atoms with van der Waals surface area (Å²) in [5.74, 6) is 1.54. The zero-order valence-electron chi connectivity index (χ0n) is 17.6. The monoisotopic (exact) mass is 522 g/mol. The number of rotatable bonds is 9. The summed E-state index contributed by atoms with van der Waals surface area (Å²) in [6.07, 6.45) is 5.27. The Morgan fingerprint density at radius 2 is 1.87 bits per heavy atom. The van der Waals surface area contributed by atoms with Crippen LogP contribution in [0.3, 0.4) is 0 Å². The van der Waals surface area contributed by atoms with Crippen molar-refractivity contribution in [3.8, 4) is 5.75 Å². The van der Waals surface area contributed by atoms with Crippen LogP contribution in [0.1, 0.15) is 12.0 Å². The van der Waals surface area contributed by atoms with E-state index in [1.165, 1.54) is 11.3 Å². The molecule has 2 N–H and O–H groups in total. The molecule has 0 saturated carbocycles. The Kier molecular flexibility index (Phi) is 10.5. The highest BCUT2D eigenvalue weighted by Gasteiger charge is 2.08. The summed E-state index contributed by atoms with van der Waals surface area (Å²) >= 11 is 0. The SMILES string of the molecule is CN=C(NCc1cccc(N2CC=CC2)c1)Nc1cccc(OCCCOC)c1.I. The summed E-state index contributed by atoms with van der Waals surface area (Å²) in [4.78, 5) is 6.67. The maximum Gasteiger partial charge on any atom is 0.195 e. The van der Waals surface area contributed by atoms with Crippen molar-refractivity contribution in [1.82, 2.24) is 5.32 Å². The molecule has 162 valence electrons. The van der Waals surface area contributed by atoms with E-state index in [0.717, 1.165) is 36.9 Å². The van der Waals surface area contributed by atoms with Crippen LogP contribution < -0.4 is 20.3 Å². The molecule has 0 radical (unpaired) electrons. The van der Waals surface area contributed by atoms with E-state index in [2.05, 4.69) is 56.9 Å². The number of methoxy groups -OCH3 is 1. The van der Waals surface area contributed by atoms with Gasteiger partial charge in [0, 0.05) is 64.3 Å². The van der Waals surface area contributed by atoms with Crippen molar-refractivity contribution in [2.24, 2.45) is 4.99 Å². The Balaban J connectivity index is 0.00000320. The molecule has 0 bridgehead atoms. The first-order chi connectivity index (χ1) is 14.3. The van der Waals surface area contributed by atoms with E-state index in [4.69, 9.17) is 9.47 Å². The molecule has 0 fully saturated rings. The topological polar surface area (TPSA) is 58.1 Å². The van der Waals surface area contributed by atoms with E-state index in [1.54, 1.807) is 14.2 Å². The highest BCUT2D eigenvalue weighted by atomic mass is 127. The van der Waals surface area contributed by atoms with Crippen molar-refractivity contribution in [3.05, 3.63) is 66.2 Å². The molecule has 7 heteroatoms. The zero-order valence-corrected chi connectivity index (χ0v) is 20.0. The summed E-state index contributed by atoms with van der Waals surface area (Å²) in [6.45, 7) is 3.98. The normalized spacial score (nSPS) is 13.1. The van der Waals surface area contributed by atoms with Crippen LogP contribution in [0.5, 0.6) is 5.75 Å². The zero-order chi connectivity index (χ0) is 20.3. The molecule has 30 heavy (non-hydrogen) atoms. The van der Waals surface area contributed by atoms with E-state index < -0.39 is 0 Å². The first-order valence-corrected chi connectivity index (χ1v) is 9.97. The number of ether oxygens (including phenoxy) is 2. The maximum absolute atomic E-state index is 5.77. The standard InChI is InChI=1S/C23H30N4O2.HI/c1-24-23(26-20-9-6-11-22(17-20)29-15-7-14-28-2)25-18-19-8-5-10-21(16-19)27-12-3-4-13-27;/h3-6,8-11,16-17H,7,12-15,18H2,1-2H3,(H2,24,25,26);1H. The van der Waals surface area contributed by atoms with Gasteiger partial charge in [0.05, 0.1) is 6.61 Å². The van der Waals surface area contributed by atoms with Gasteiger partial charge in [-0.15, -0.1) is 24.0 Å². The second kappa shape index (κ2) is 13.1. The van der Waals surface area contributed by atoms with Crippen LogP contribution in [0.15, 0.2) is 65.7 Å². The van der Waals surface area contributed by atoms with Crippen LogP contribution in [0, 0.1) is 0 Å². The summed E-state index contributed by atoms with van der Waals surface area (Å²) in [6, 6.07) is 16.5. The predicted molar refractivity (Wildman–Crippen MR) is 135 cm³/mol. The van der Waals surface area contributed by atoms with E-state index >= 15 is 0 Å². The largest absolute Gasteiger partial charge is 0.493 e. The van der Waals surface area contributed by atoms with Gasteiger partial charge in [0.15, 0.2) is 5.96 Å². The minimum absolute atomic E-state index is 0. The fourth-order valence-corrected chi connectivity index (χ4v) is 3.11. The fraction of sp³-hybridized carbons (Fsp3) is 0.348. The van der Waals surface area contributed by atoms with E-state index in [1.807, 2.05) is 24.3 Å². The van der Waals surface area contributed by atoms with Crippen LogP contribution in [0.4, 0.5) is 11.4 Å². The van der Waals surface area contributed by atoms with Gasteiger partial charge in [-0.25, -0.2) is 0 Å². The highest BCUT2D eigenvalue weighted by Crippen LogP contribution is 2.19. The van der Waals surface area contributed by atoms with Crippen molar-refractivity contribution in [1.29, 1.82) is 0 Å². The van der Waals surface area contributed by atoms with E-state index in [-0.39, 0.29) is 24.0 Å². The Morgan fingerprint density at radius 3 is 2.63 bits per heavy atom. The Morgan fingerprint density at radius 1 is 1.07 bits per heavy atom. The summed E-state index contributed by atoms with van der Waals surface area (Å²) < 4.78 is 10.8. The summed E-state index contributed by atoms with van der Waals surface area (Å²) in [7, 11) is 3.47. The smallest absolute Gasteiger partial charge is 0.195 e. The lowest BCUT2D eigenvalue weighted by molar-refractivity contribution is 0.172. The lowest BCUT2D eigenvalue weighted by atomic mass is 10.2. The number of benzene rings is 2. The third-order valence-electron chi connectivity index (χ3n) is 4.64. The van der Waals surface area contributed by atoms with Gasteiger partial charge in [-0.05, 0) is 29.8 Å². The van der Waals surface area contributed by atoms with Gasteiger partial charge in [-0.3, -0.25) is 4.99 Å². The van der Waals surface area contributed by atoms with E-state index in [0.29, 0.717) is 19.8 Å². The molecule has 3 rings (SSSR count). The molecule has 0 unspecified atom stereocenters. The Labute approximate surface area is 196 Å². The number of nitrogens with zero attached hydrogens (tertiary/aromatic N) is 2. The molecular weight excluding hydrogens is 491 g/mol. The minimum atomic E-state index is 0. The molecular formula is C23H31IN4O2.